The maximum absolute atomic E-state index is 11.9. The molecule has 104 valence electrons. The number of hydrogen-bond acceptors (Lipinski definition) is 6. The fourth-order valence-corrected chi connectivity index (χ4v) is 1.31. The molecule has 1 aromatic rings. The quantitative estimate of drug-likeness (QED) is 0.675. The van der Waals surface area contributed by atoms with E-state index in [4.69, 9.17) is 19.5 Å². The molecule has 0 saturated heterocycles. The highest BCUT2D eigenvalue weighted by atomic mass is 16.5. The van der Waals surface area contributed by atoms with E-state index in [9.17, 15) is 14.4 Å². The Bertz CT molecular complexity index is 466. The Morgan fingerprint density at radius 3 is 2.37 bits per heavy atom. The van der Waals surface area contributed by atoms with Crippen LogP contribution in [0.5, 0.6) is 0 Å². The van der Waals surface area contributed by atoms with Crippen LogP contribution < -0.4 is 0 Å². The van der Waals surface area contributed by atoms with Crippen molar-refractivity contribution in [3.05, 3.63) is 17.5 Å². The summed E-state index contributed by atoms with van der Waals surface area (Å²) in [6.45, 7) is -1.38. The van der Waals surface area contributed by atoms with Crippen molar-refractivity contribution in [1.82, 2.24) is 10.1 Å². The first-order valence-corrected chi connectivity index (χ1v) is 5.11. The van der Waals surface area contributed by atoms with E-state index < -0.39 is 30.9 Å². The molecule has 0 unspecified atom stereocenters. The van der Waals surface area contributed by atoms with Crippen molar-refractivity contribution < 1.29 is 33.9 Å². The lowest BCUT2D eigenvalue weighted by atomic mass is 10.3. The molecule has 0 aromatic carbocycles. The molecular weight excluding hydrogens is 260 g/mol. The second-order valence-corrected chi connectivity index (χ2v) is 3.56. The number of aromatic nitrogens is 1. The SMILES string of the molecule is COCc1cc(C(=O)N(CC(=O)O)CC(=O)O)no1. The minimum absolute atomic E-state index is 0.0954. The topological polar surface area (TPSA) is 130 Å². The van der Waals surface area contributed by atoms with Gasteiger partial charge in [-0.3, -0.25) is 14.4 Å². The molecule has 1 heterocycles. The van der Waals surface area contributed by atoms with E-state index in [-0.39, 0.29) is 18.1 Å². The average Bonchev–Trinajstić information content (AvgIpc) is 2.75. The summed E-state index contributed by atoms with van der Waals surface area (Å²) in [5.74, 6) is -3.21. The Morgan fingerprint density at radius 1 is 1.32 bits per heavy atom. The van der Waals surface area contributed by atoms with Gasteiger partial charge in [0.15, 0.2) is 11.5 Å². The summed E-state index contributed by atoms with van der Waals surface area (Å²) in [5.41, 5.74) is -0.172. The first-order chi connectivity index (χ1) is 8.93. The molecule has 1 amide bonds. The van der Waals surface area contributed by atoms with Crippen molar-refractivity contribution in [2.45, 2.75) is 6.61 Å². The zero-order chi connectivity index (χ0) is 14.4. The predicted octanol–water partition coefficient (Wildman–Crippen LogP) is -0.568. The molecule has 0 aliphatic heterocycles. The van der Waals surface area contributed by atoms with Crippen molar-refractivity contribution >= 4 is 17.8 Å². The predicted molar refractivity (Wildman–Crippen MR) is 58.4 cm³/mol. The van der Waals surface area contributed by atoms with Gasteiger partial charge < -0.3 is 24.4 Å². The highest BCUT2D eigenvalue weighted by molar-refractivity contribution is 5.95. The van der Waals surface area contributed by atoms with Gasteiger partial charge in [0.05, 0.1) is 0 Å². The van der Waals surface area contributed by atoms with Gasteiger partial charge in [0.25, 0.3) is 5.91 Å². The second-order valence-electron chi connectivity index (χ2n) is 3.56. The summed E-state index contributed by atoms with van der Waals surface area (Å²) in [6, 6.07) is 1.27. The monoisotopic (exact) mass is 272 g/mol. The highest BCUT2D eigenvalue weighted by Crippen LogP contribution is 2.08. The van der Waals surface area contributed by atoms with Crippen LogP contribution in [0.4, 0.5) is 0 Å². The third-order valence-electron chi connectivity index (χ3n) is 2.00. The van der Waals surface area contributed by atoms with Crippen molar-refractivity contribution in [3.8, 4) is 0 Å². The smallest absolute Gasteiger partial charge is 0.323 e. The summed E-state index contributed by atoms with van der Waals surface area (Å²) in [6.07, 6.45) is 0. The maximum Gasteiger partial charge on any atom is 0.323 e. The summed E-state index contributed by atoms with van der Waals surface area (Å²) in [4.78, 5) is 33.7. The fourth-order valence-electron chi connectivity index (χ4n) is 1.31. The molecule has 0 spiro atoms. The first kappa shape index (κ1) is 14.6. The molecule has 0 atom stereocenters. The molecule has 0 aliphatic carbocycles. The molecule has 0 saturated carbocycles. The van der Waals surface area contributed by atoms with Crippen LogP contribution in [0, 0.1) is 0 Å². The van der Waals surface area contributed by atoms with E-state index in [1.54, 1.807) is 0 Å². The van der Waals surface area contributed by atoms with Gasteiger partial charge in [-0.25, -0.2) is 0 Å². The van der Waals surface area contributed by atoms with E-state index in [0.29, 0.717) is 4.90 Å². The number of carboxylic acid groups (broad SMARTS) is 2. The number of carboxylic acids is 2. The van der Waals surface area contributed by atoms with Crippen LogP contribution in [-0.4, -0.2) is 58.3 Å². The van der Waals surface area contributed by atoms with Gasteiger partial charge in [-0.05, 0) is 0 Å². The summed E-state index contributed by atoms with van der Waals surface area (Å²) in [5, 5.41) is 20.7. The Labute approximate surface area is 107 Å². The lowest BCUT2D eigenvalue weighted by Crippen LogP contribution is -2.39. The van der Waals surface area contributed by atoms with Gasteiger partial charge in [-0.15, -0.1) is 0 Å². The van der Waals surface area contributed by atoms with E-state index in [1.165, 1.54) is 13.2 Å². The van der Waals surface area contributed by atoms with E-state index in [0.717, 1.165) is 0 Å². The zero-order valence-electron chi connectivity index (χ0n) is 10.0. The van der Waals surface area contributed by atoms with Crippen LogP contribution in [0.2, 0.25) is 0 Å². The molecule has 1 aromatic heterocycles. The van der Waals surface area contributed by atoms with Crippen molar-refractivity contribution in [1.29, 1.82) is 0 Å². The molecule has 1 rings (SSSR count). The second kappa shape index (κ2) is 6.50. The van der Waals surface area contributed by atoms with Gasteiger partial charge in [-0.1, -0.05) is 5.16 Å². The minimum Gasteiger partial charge on any atom is -0.480 e. The van der Waals surface area contributed by atoms with Crippen LogP contribution in [0.25, 0.3) is 0 Å². The third-order valence-corrected chi connectivity index (χ3v) is 2.00. The van der Waals surface area contributed by atoms with Crippen LogP contribution in [0.1, 0.15) is 16.2 Å². The van der Waals surface area contributed by atoms with E-state index >= 15 is 0 Å². The van der Waals surface area contributed by atoms with Crippen LogP contribution in [0.3, 0.4) is 0 Å². The molecule has 0 radical (unpaired) electrons. The largest absolute Gasteiger partial charge is 0.480 e. The normalized spacial score (nSPS) is 10.2. The third kappa shape index (κ3) is 4.39. The highest BCUT2D eigenvalue weighted by Gasteiger charge is 2.24. The molecule has 2 N–H and O–H groups in total. The van der Waals surface area contributed by atoms with Gasteiger partial charge in [0.1, 0.15) is 19.7 Å². The Kier molecular flexibility index (Phi) is 5.01. The number of carbonyl (C=O) groups excluding carboxylic acids is 1. The summed E-state index contributed by atoms with van der Waals surface area (Å²) >= 11 is 0. The van der Waals surface area contributed by atoms with Crippen molar-refractivity contribution in [2.75, 3.05) is 20.2 Å². The molecule has 9 heteroatoms. The fraction of sp³-hybridized carbons (Fsp3) is 0.400. The van der Waals surface area contributed by atoms with E-state index in [1.807, 2.05) is 0 Å². The van der Waals surface area contributed by atoms with Gasteiger partial charge >= 0.3 is 11.9 Å². The number of aliphatic carboxylic acids is 2. The van der Waals surface area contributed by atoms with E-state index in [2.05, 4.69) is 5.16 Å². The summed E-state index contributed by atoms with van der Waals surface area (Å²) in [7, 11) is 1.42. The van der Waals surface area contributed by atoms with Gasteiger partial charge in [-0.2, -0.15) is 0 Å². The molecule has 0 bridgehead atoms. The number of methoxy groups -OCH3 is 1. The van der Waals surface area contributed by atoms with Gasteiger partial charge in [0, 0.05) is 13.2 Å². The van der Waals surface area contributed by atoms with Crippen LogP contribution in [-0.2, 0) is 20.9 Å². The Balaban J connectivity index is 2.84. The molecule has 0 fully saturated rings. The molecule has 0 aliphatic rings. The molecule has 9 nitrogen and oxygen atoms in total. The summed E-state index contributed by atoms with van der Waals surface area (Å²) < 4.78 is 9.53. The standard InChI is InChI=1S/C10H12N2O7/c1-18-5-6-2-7(11-19-6)10(17)12(3-8(13)14)4-9(15)16/h2H,3-5H2,1H3,(H,13,14)(H,15,16). The minimum atomic E-state index is -1.32. The number of amides is 1. The number of ether oxygens (including phenoxy) is 1. The van der Waals surface area contributed by atoms with Crippen LogP contribution in [0.15, 0.2) is 10.6 Å². The lowest BCUT2D eigenvalue weighted by Gasteiger charge is -2.16. The molecular formula is C10H12N2O7. The first-order valence-electron chi connectivity index (χ1n) is 5.11. The average molecular weight is 272 g/mol. The van der Waals surface area contributed by atoms with Crippen molar-refractivity contribution in [2.24, 2.45) is 0 Å². The van der Waals surface area contributed by atoms with Crippen molar-refractivity contribution in [3.63, 3.8) is 0 Å². The number of hydrogen-bond donors (Lipinski definition) is 2. The lowest BCUT2D eigenvalue weighted by molar-refractivity contribution is -0.140. The molecule has 19 heavy (non-hydrogen) atoms. The Morgan fingerprint density at radius 2 is 1.89 bits per heavy atom. The zero-order valence-corrected chi connectivity index (χ0v) is 10.0. The van der Waals surface area contributed by atoms with Crippen LogP contribution >= 0.6 is 0 Å². The maximum atomic E-state index is 11.9. The number of carbonyl (C=O) groups is 3. The Hall–Kier alpha value is -2.42. The van der Waals surface area contributed by atoms with Gasteiger partial charge in [0.2, 0.25) is 0 Å². The number of rotatable bonds is 7. The number of nitrogens with zero attached hydrogens (tertiary/aromatic N) is 2.